The van der Waals surface area contributed by atoms with E-state index in [2.05, 4.69) is 0 Å². The Hall–Kier alpha value is -3.30. The summed E-state index contributed by atoms with van der Waals surface area (Å²) in [7, 11) is -4.29. The fourth-order valence-electron chi connectivity index (χ4n) is 4.51. The molecule has 3 aromatic carbocycles. The molecule has 35 heavy (non-hydrogen) atoms. The number of nitrogens with zero attached hydrogens (tertiary/aromatic N) is 1. The number of cyclic esters (lactones) is 1. The van der Waals surface area contributed by atoms with E-state index in [-0.39, 0.29) is 30.2 Å². The van der Waals surface area contributed by atoms with Crippen LogP contribution in [0.5, 0.6) is 0 Å². The number of anilines is 1. The van der Waals surface area contributed by atoms with Crippen molar-refractivity contribution in [1.29, 1.82) is 0 Å². The summed E-state index contributed by atoms with van der Waals surface area (Å²) in [5.74, 6) is -5.78. The third-order valence-corrected chi connectivity index (χ3v) is 8.29. The van der Waals surface area contributed by atoms with E-state index in [9.17, 15) is 13.2 Å². The molecular formula is C26H23F2NO5S. The number of para-hydroxylation sites is 1. The van der Waals surface area contributed by atoms with Gasteiger partial charge in [-0.15, -0.1) is 0 Å². The van der Waals surface area contributed by atoms with Gasteiger partial charge in [0.1, 0.15) is 11.7 Å². The number of esters is 1. The Morgan fingerprint density at radius 3 is 2.31 bits per heavy atom. The van der Waals surface area contributed by atoms with Crippen molar-refractivity contribution in [2.75, 3.05) is 17.5 Å². The van der Waals surface area contributed by atoms with Crippen LogP contribution in [-0.4, -0.2) is 33.6 Å². The van der Waals surface area contributed by atoms with Gasteiger partial charge in [-0.25, -0.2) is 13.2 Å². The maximum atomic E-state index is 15.3. The molecule has 0 saturated carbocycles. The van der Waals surface area contributed by atoms with Crippen LogP contribution in [-0.2, 0) is 35.8 Å². The van der Waals surface area contributed by atoms with Gasteiger partial charge < -0.3 is 9.47 Å². The zero-order valence-electron chi connectivity index (χ0n) is 18.9. The number of aryl methyl sites for hydroxylation is 1. The van der Waals surface area contributed by atoms with Gasteiger partial charge in [0, 0.05) is 6.42 Å². The summed E-state index contributed by atoms with van der Waals surface area (Å²) in [6.07, 6.45) is -0.526. The van der Waals surface area contributed by atoms with Crippen LogP contribution in [0.4, 0.5) is 14.5 Å². The number of rotatable bonds is 3. The molecule has 3 aromatic rings. The standard InChI is InChI=1S/C26H23F2NO5S/c1-18-11-13-20(14-12-18)35(31,32)29-17-23-25(34-23,19-7-3-2-4-8-19)15-16-33-24(30)26(27,28)21-9-5-6-10-22(21)29/h2-14,23H,15-17H2,1H3/t23-,25-/m1/s1. The molecule has 0 N–H and O–H groups in total. The van der Waals surface area contributed by atoms with Crippen molar-refractivity contribution in [3.63, 3.8) is 0 Å². The molecule has 0 spiro atoms. The van der Waals surface area contributed by atoms with E-state index in [0.29, 0.717) is 0 Å². The maximum absolute atomic E-state index is 15.3. The molecule has 0 aliphatic carbocycles. The van der Waals surface area contributed by atoms with Crippen LogP contribution in [0.25, 0.3) is 0 Å². The Morgan fingerprint density at radius 2 is 1.60 bits per heavy atom. The molecule has 0 unspecified atom stereocenters. The second-order valence-corrected chi connectivity index (χ2v) is 10.6. The van der Waals surface area contributed by atoms with Gasteiger partial charge in [-0.2, -0.15) is 8.78 Å². The maximum Gasteiger partial charge on any atom is 0.382 e. The third-order valence-electron chi connectivity index (χ3n) is 6.49. The van der Waals surface area contributed by atoms with Gasteiger partial charge in [-0.1, -0.05) is 66.2 Å². The predicted molar refractivity (Wildman–Crippen MR) is 125 cm³/mol. The van der Waals surface area contributed by atoms with Crippen LogP contribution in [0.2, 0.25) is 0 Å². The Bertz CT molecular complexity index is 1360. The minimum Gasteiger partial charge on any atom is -0.461 e. The van der Waals surface area contributed by atoms with E-state index in [1.165, 1.54) is 30.3 Å². The third kappa shape index (κ3) is 3.98. The summed E-state index contributed by atoms with van der Waals surface area (Å²) in [4.78, 5) is 12.4. The lowest BCUT2D eigenvalue weighted by Crippen LogP contribution is -2.38. The highest BCUT2D eigenvalue weighted by molar-refractivity contribution is 7.92. The van der Waals surface area contributed by atoms with Crippen LogP contribution >= 0.6 is 0 Å². The van der Waals surface area contributed by atoms with Crippen molar-refractivity contribution in [3.8, 4) is 0 Å². The summed E-state index contributed by atoms with van der Waals surface area (Å²) in [6.45, 7) is 1.30. The molecule has 2 aliphatic heterocycles. The van der Waals surface area contributed by atoms with Gasteiger partial charge >= 0.3 is 11.9 Å². The number of alkyl halides is 2. The molecule has 0 amide bonds. The first-order valence-electron chi connectivity index (χ1n) is 11.1. The van der Waals surface area contributed by atoms with E-state index >= 15 is 8.78 Å². The smallest absolute Gasteiger partial charge is 0.382 e. The van der Waals surface area contributed by atoms with Gasteiger partial charge in [0.15, 0.2) is 0 Å². The minimum absolute atomic E-state index is 0.0513. The van der Waals surface area contributed by atoms with Gasteiger partial charge in [-0.3, -0.25) is 4.31 Å². The van der Waals surface area contributed by atoms with Gasteiger partial charge in [0.25, 0.3) is 10.0 Å². The predicted octanol–water partition coefficient (Wildman–Crippen LogP) is 4.52. The molecule has 0 aromatic heterocycles. The fourth-order valence-corrected chi connectivity index (χ4v) is 5.99. The molecule has 1 fully saturated rings. The van der Waals surface area contributed by atoms with Crippen LogP contribution in [0.3, 0.4) is 0 Å². The molecular weight excluding hydrogens is 476 g/mol. The average molecular weight is 500 g/mol. The fraction of sp³-hybridized carbons (Fsp3) is 0.269. The van der Waals surface area contributed by atoms with Crippen molar-refractivity contribution >= 4 is 21.7 Å². The highest BCUT2D eigenvalue weighted by Crippen LogP contribution is 2.51. The number of sulfonamides is 1. The SMILES string of the molecule is Cc1ccc(S(=O)(=O)N2C[C@H]3O[C@@]3(c3ccccc3)CCOC(=O)C(F)(F)c3ccccc32)cc1. The first-order valence-corrected chi connectivity index (χ1v) is 12.6. The lowest BCUT2D eigenvalue weighted by Gasteiger charge is -2.28. The van der Waals surface area contributed by atoms with E-state index < -0.39 is 39.2 Å². The molecule has 0 bridgehead atoms. The Kier molecular flexibility index (Phi) is 5.64. The number of carbonyl (C=O) groups excluding carboxylic acids is 1. The summed E-state index contributed by atoms with van der Waals surface area (Å²) in [6, 6.07) is 20.3. The van der Waals surface area contributed by atoms with Crippen molar-refractivity contribution in [2.24, 2.45) is 0 Å². The number of fused-ring (bicyclic) bond motifs is 2. The molecule has 182 valence electrons. The first-order chi connectivity index (χ1) is 16.7. The molecule has 2 atom stereocenters. The number of hydrogen-bond acceptors (Lipinski definition) is 5. The number of benzene rings is 3. The molecule has 9 heteroatoms. The molecule has 1 saturated heterocycles. The Balaban J connectivity index is 1.67. The van der Waals surface area contributed by atoms with E-state index in [4.69, 9.17) is 9.47 Å². The lowest BCUT2D eigenvalue weighted by atomic mass is 9.92. The first kappa shape index (κ1) is 23.4. The molecule has 2 heterocycles. The lowest BCUT2D eigenvalue weighted by molar-refractivity contribution is -0.174. The van der Waals surface area contributed by atoms with Gasteiger partial charge in [0.05, 0.1) is 29.3 Å². The van der Waals surface area contributed by atoms with E-state index in [1.807, 2.05) is 37.3 Å². The quantitative estimate of drug-likeness (QED) is 0.391. The van der Waals surface area contributed by atoms with Crippen molar-refractivity contribution < 1.29 is 31.5 Å². The summed E-state index contributed by atoms with van der Waals surface area (Å²) < 4.78 is 70.2. The minimum atomic E-state index is -4.29. The van der Waals surface area contributed by atoms with Crippen molar-refractivity contribution in [2.45, 2.75) is 35.9 Å². The van der Waals surface area contributed by atoms with Crippen molar-refractivity contribution in [3.05, 3.63) is 95.6 Å². The zero-order valence-corrected chi connectivity index (χ0v) is 19.7. The van der Waals surface area contributed by atoms with Gasteiger partial charge in [-0.05, 0) is 30.7 Å². The number of carbonyl (C=O) groups is 1. The highest BCUT2D eigenvalue weighted by atomic mass is 32.2. The second-order valence-electron chi connectivity index (χ2n) is 8.69. The number of hydrogen-bond donors (Lipinski definition) is 0. The zero-order chi connectivity index (χ0) is 24.8. The normalized spacial score (nSPS) is 23.9. The number of ether oxygens (including phenoxy) is 2. The topological polar surface area (TPSA) is 76.2 Å². The van der Waals surface area contributed by atoms with Crippen molar-refractivity contribution in [1.82, 2.24) is 0 Å². The van der Waals surface area contributed by atoms with Crippen LogP contribution in [0.15, 0.2) is 83.8 Å². The van der Waals surface area contributed by atoms with E-state index in [0.717, 1.165) is 21.5 Å². The Morgan fingerprint density at radius 1 is 0.943 bits per heavy atom. The molecule has 0 radical (unpaired) electrons. The van der Waals surface area contributed by atoms with Crippen LogP contribution < -0.4 is 4.31 Å². The summed E-state index contributed by atoms with van der Waals surface area (Å²) >= 11 is 0. The molecule has 6 nitrogen and oxygen atoms in total. The van der Waals surface area contributed by atoms with Crippen LogP contribution in [0, 0.1) is 6.92 Å². The average Bonchev–Trinajstić information content (AvgIpc) is 3.56. The summed E-state index contributed by atoms with van der Waals surface area (Å²) in [5.41, 5.74) is -0.391. The second kappa shape index (κ2) is 8.42. The molecule has 5 rings (SSSR count). The highest BCUT2D eigenvalue weighted by Gasteiger charge is 2.59. The van der Waals surface area contributed by atoms with Crippen LogP contribution in [0.1, 0.15) is 23.1 Å². The Labute approximate surface area is 202 Å². The number of halogens is 2. The molecule has 2 aliphatic rings. The van der Waals surface area contributed by atoms with Gasteiger partial charge in [0.2, 0.25) is 0 Å². The monoisotopic (exact) mass is 499 g/mol. The number of epoxide rings is 1. The largest absolute Gasteiger partial charge is 0.461 e. The van der Waals surface area contributed by atoms with E-state index in [1.54, 1.807) is 12.1 Å². The summed E-state index contributed by atoms with van der Waals surface area (Å²) in [5, 5.41) is 0.